The minimum absolute atomic E-state index is 0.0388. The Kier molecular flexibility index (Phi) is 5.07. The number of carbonyl (C=O) groups excluding carboxylic acids is 1. The van der Waals surface area contributed by atoms with Crippen LogP contribution in [0.4, 0.5) is 5.69 Å². The molecule has 0 bridgehead atoms. The monoisotopic (exact) mass is 377 g/mol. The van der Waals surface area contributed by atoms with Crippen molar-refractivity contribution in [3.63, 3.8) is 0 Å². The number of phenolic OH excluding ortho intramolecular Hbond substituents is 1. The summed E-state index contributed by atoms with van der Waals surface area (Å²) in [6, 6.07) is 8.93. The first-order valence-corrected chi connectivity index (χ1v) is 7.25. The predicted molar refractivity (Wildman–Crippen MR) is 88.7 cm³/mol. The number of nitrogens with zero attached hydrogens (tertiary/aromatic N) is 2. The van der Waals surface area contributed by atoms with Crippen molar-refractivity contribution in [1.29, 1.82) is 0 Å². The van der Waals surface area contributed by atoms with Crippen LogP contribution in [0.15, 0.2) is 46.0 Å². The lowest BCUT2D eigenvalue weighted by atomic mass is 10.1. The number of aromatic hydroxyl groups is 1. The van der Waals surface area contributed by atoms with Crippen molar-refractivity contribution < 1.29 is 14.8 Å². The van der Waals surface area contributed by atoms with Crippen molar-refractivity contribution in [2.75, 3.05) is 0 Å². The molecule has 0 unspecified atom stereocenters. The van der Waals surface area contributed by atoms with E-state index in [1.807, 2.05) is 0 Å². The Morgan fingerprint density at radius 2 is 2.09 bits per heavy atom. The lowest BCUT2D eigenvalue weighted by Gasteiger charge is -2.04. The summed E-state index contributed by atoms with van der Waals surface area (Å²) < 4.78 is 0.749. The Labute approximate surface area is 139 Å². The van der Waals surface area contributed by atoms with Crippen molar-refractivity contribution in [2.45, 2.75) is 6.92 Å². The fraction of sp³-hybridized carbons (Fsp3) is 0.0667. The van der Waals surface area contributed by atoms with Gasteiger partial charge < -0.3 is 5.11 Å². The fourth-order valence-corrected chi connectivity index (χ4v) is 2.50. The molecule has 0 saturated heterocycles. The standard InChI is InChI=1S/C15H12BrN3O4/c1-9-6-11(16)7-10(14(9)20)8-17-18-15(21)12-4-2-3-5-13(12)19(22)23/h2-8,20H,1H3,(H,18,21)/b17-8+. The molecule has 0 atom stereocenters. The van der Waals surface area contributed by atoms with E-state index in [9.17, 15) is 20.0 Å². The van der Waals surface area contributed by atoms with Crippen LogP contribution in [0.5, 0.6) is 5.75 Å². The van der Waals surface area contributed by atoms with Crippen LogP contribution in [0.3, 0.4) is 0 Å². The Morgan fingerprint density at radius 1 is 1.39 bits per heavy atom. The van der Waals surface area contributed by atoms with E-state index in [0.717, 1.165) is 4.47 Å². The summed E-state index contributed by atoms with van der Waals surface area (Å²) in [5.41, 5.74) is 2.86. The van der Waals surface area contributed by atoms with E-state index in [-0.39, 0.29) is 17.0 Å². The first kappa shape index (κ1) is 16.6. The predicted octanol–water partition coefficient (Wildman–Crippen LogP) is 3.14. The van der Waals surface area contributed by atoms with Crippen LogP contribution in [0.25, 0.3) is 0 Å². The van der Waals surface area contributed by atoms with Gasteiger partial charge in [0, 0.05) is 16.1 Å². The lowest BCUT2D eigenvalue weighted by molar-refractivity contribution is -0.385. The van der Waals surface area contributed by atoms with Gasteiger partial charge in [0.1, 0.15) is 11.3 Å². The molecule has 7 nitrogen and oxygen atoms in total. The maximum absolute atomic E-state index is 12.0. The second-order valence-electron chi connectivity index (χ2n) is 4.63. The largest absolute Gasteiger partial charge is 0.507 e. The summed E-state index contributed by atoms with van der Waals surface area (Å²) in [5.74, 6) is -0.670. The van der Waals surface area contributed by atoms with Gasteiger partial charge in [-0.05, 0) is 30.7 Å². The van der Waals surface area contributed by atoms with Gasteiger partial charge in [0.2, 0.25) is 0 Å². The first-order chi connectivity index (χ1) is 10.9. The number of nitro benzene ring substituents is 1. The number of amides is 1. The number of carbonyl (C=O) groups is 1. The van der Waals surface area contributed by atoms with Gasteiger partial charge in [0.25, 0.3) is 11.6 Å². The van der Waals surface area contributed by atoms with Crippen LogP contribution in [-0.2, 0) is 0 Å². The lowest BCUT2D eigenvalue weighted by Crippen LogP contribution is -2.19. The van der Waals surface area contributed by atoms with Crippen molar-refractivity contribution in [1.82, 2.24) is 5.43 Å². The van der Waals surface area contributed by atoms with E-state index in [0.29, 0.717) is 11.1 Å². The fourth-order valence-electron chi connectivity index (χ4n) is 1.91. The molecule has 2 N–H and O–H groups in total. The van der Waals surface area contributed by atoms with Crippen LogP contribution in [0.2, 0.25) is 0 Å². The Balaban J connectivity index is 2.19. The average molecular weight is 378 g/mol. The molecular formula is C15H12BrN3O4. The third kappa shape index (κ3) is 3.92. The summed E-state index contributed by atoms with van der Waals surface area (Å²) >= 11 is 3.30. The molecule has 0 fully saturated rings. The summed E-state index contributed by atoms with van der Waals surface area (Å²) in [6.07, 6.45) is 1.26. The Morgan fingerprint density at radius 3 is 2.78 bits per heavy atom. The highest BCUT2D eigenvalue weighted by atomic mass is 79.9. The topological polar surface area (TPSA) is 105 Å². The highest BCUT2D eigenvalue weighted by Crippen LogP contribution is 2.25. The minimum atomic E-state index is -0.709. The maximum atomic E-state index is 12.0. The van der Waals surface area contributed by atoms with Gasteiger partial charge in [0.05, 0.1) is 11.1 Å². The molecule has 8 heteroatoms. The van der Waals surface area contributed by atoms with Crippen LogP contribution in [0, 0.1) is 17.0 Å². The molecule has 0 aliphatic heterocycles. The SMILES string of the molecule is Cc1cc(Br)cc(/C=N/NC(=O)c2ccccc2[N+](=O)[O-])c1O. The van der Waals surface area contributed by atoms with E-state index in [2.05, 4.69) is 26.5 Å². The third-order valence-electron chi connectivity index (χ3n) is 3.01. The van der Waals surface area contributed by atoms with Gasteiger partial charge >= 0.3 is 0 Å². The number of aryl methyl sites for hydroxylation is 1. The number of nitro groups is 1. The number of halogens is 1. The number of hydrazone groups is 1. The van der Waals surface area contributed by atoms with Crippen LogP contribution < -0.4 is 5.43 Å². The minimum Gasteiger partial charge on any atom is -0.507 e. The van der Waals surface area contributed by atoms with E-state index in [1.165, 1.54) is 30.5 Å². The third-order valence-corrected chi connectivity index (χ3v) is 3.47. The molecule has 0 aliphatic rings. The number of rotatable bonds is 4. The first-order valence-electron chi connectivity index (χ1n) is 6.46. The van der Waals surface area contributed by atoms with Gasteiger partial charge in [-0.3, -0.25) is 14.9 Å². The number of phenols is 1. The highest BCUT2D eigenvalue weighted by Gasteiger charge is 2.18. The van der Waals surface area contributed by atoms with Crippen LogP contribution in [0.1, 0.15) is 21.5 Å². The van der Waals surface area contributed by atoms with Crippen LogP contribution >= 0.6 is 15.9 Å². The highest BCUT2D eigenvalue weighted by molar-refractivity contribution is 9.10. The number of nitrogens with one attached hydrogen (secondary N) is 1. The quantitative estimate of drug-likeness (QED) is 0.484. The van der Waals surface area contributed by atoms with E-state index < -0.39 is 10.8 Å². The molecule has 23 heavy (non-hydrogen) atoms. The van der Waals surface area contributed by atoms with Crippen molar-refractivity contribution in [3.05, 3.63) is 67.7 Å². The van der Waals surface area contributed by atoms with Gasteiger partial charge in [-0.2, -0.15) is 5.10 Å². The summed E-state index contributed by atoms with van der Waals surface area (Å²) in [6.45, 7) is 1.73. The van der Waals surface area contributed by atoms with E-state index in [4.69, 9.17) is 0 Å². The van der Waals surface area contributed by atoms with Gasteiger partial charge in [0.15, 0.2) is 0 Å². The van der Waals surface area contributed by atoms with Crippen molar-refractivity contribution >= 4 is 33.7 Å². The Hall–Kier alpha value is -2.74. The van der Waals surface area contributed by atoms with Crippen molar-refractivity contribution in [2.24, 2.45) is 5.10 Å². The summed E-state index contributed by atoms with van der Waals surface area (Å²) in [4.78, 5) is 22.2. The molecule has 2 aromatic rings. The van der Waals surface area contributed by atoms with Crippen LogP contribution in [-0.4, -0.2) is 22.2 Å². The smallest absolute Gasteiger partial charge is 0.282 e. The molecule has 0 aliphatic carbocycles. The van der Waals surface area contributed by atoms with Gasteiger partial charge in [-0.15, -0.1) is 0 Å². The number of benzene rings is 2. The molecule has 2 rings (SSSR count). The second kappa shape index (κ2) is 7.01. The number of hydrogen-bond donors (Lipinski definition) is 2. The molecule has 0 aromatic heterocycles. The molecule has 118 valence electrons. The molecule has 0 heterocycles. The average Bonchev–Trinajstić information content (AvgIpc) is 2.51. The maximum Gasteiger partial charge on any atom is 0.282 e. The van der Waals surface area contributed by atoms with Gasteiger partial charge in [-0.1, -0.05) is 28.1 Å². The van der Waals surface area contributed by atoms with E-state index >= 15 is 0 Å². The number of hydrogen-bond acceptors (Lipinski definition) is 5. The zero-order valence-corrected chi connectivity index (χ0v) is 13.6. The summed E-state index contributed by atoms with van der Waals surface area (Å²) in [5, 5.41) is 24.5. The molecule has 0 radical (unpaired) electrons. The molecule has 0 spiro atoms. The molecule has 2 aromatic carbocycles. The zero-order valence-electron chi connectivity index (χ0n) is 12.0. The normalized spacial score (nSPS) is 10.7. The zero-order chi connectivity index (χ0) is 17.0. The van der Waals surface area contributed by atoms with E-state index in [1.54, 1.807) is 19.1 Å². The summed E-state index contributed by atoms with van der Waals surface area (Å²) in [7, 11) is 0. The molecule has 1 amide bonds. The molecule has 0 saturated carbocycles. The molecular weight excluding hydrogens is 366 g/mol. The Bertz CT molecular complexity index is 805. The number of para-hydroxylation sites is 1. The second-order valence-corrected chi connectivity index (χ2v) is 5.55. The van der Waals surface area contributed by atoms with Gasteiger partial charge in [-0.25, -0.2) is 5.43 Å². The van der Waals surface area contributed by atoms with Crippen molar-refractivity contribution in [3.8, 4) is 5.75 Å².